The maximum absolute atomic E-state index is 5.32. The molecule has 2 aromatic rings. The van der Waals surface area contributed by atoms with E-state index in [-0.39, 0.29) is 0 Å². The molecule has 1 atom stereocenters. The zero-order chi connectivity index (χ0) is 14.5. The highest BCUT2D eigenvalue weighted by atomic mass is 16.5. The van der Waals surface area contributed by atoms with Gasteiger partial charge in [0, 0.05) is 6.04 Å². The Balaban J connectivity index is 2.38. The monoisotopic (exact) mass is 269 g/mol. The first-order valence-electron chi connectivity index (χ1n) is 7.11. The van der Waals surface area contributed by atoms with Crippen LogP contribution in [0.3, 0.4) is 0 Å². The average molecular weight is 269 g/mol. The second-order valence-corrected chi connectivity index (χ2v) is 5.06. The van der Waals surface area contributed by atoms with Crippen molar-refractivity contribution < 1.29 is 4.74 Å². The molecule has 106 valence electrons. The van der Waals surface area contributed by atoms with Crippen LogP contribution in [0, 0.1) is 6.92 Å². The predicted molar refractivity (Wildman–Crippen MR) is 85.3 cm³/mol. The summed E-state index contributed by atoms with van der Waals surface area (Å²) in [4.78, 5) is 0. The van der Waals surface area contributed by atoms with Gasteiger partial charge >= 0.3 is 0 Å². The molecule has 20 heavy (non-hydrogen) atoms. The highest BCUT2D eigenvalue weighted by molar-refractivity contribution is 5.66. The Kier molecular flexibility index (Phi) is 4.80. The first-order chi connectivity index (χ1) is 9.69. The van der Waals surface area contributed by atoms with Crippen molar-refractivity contribution in [1.29, 1.82) is 0 Å². The number of nitrogens with one attached hydrogen (secondary N) is 1. The summed E-state index contributed by atoms with van der Waals surface area (Å²) in [6.45, 7) is 4.28. The van der Waals surface area contributed by atoms with Crippen LogP contribution in [-0.4, -0.2) is 14.2 Å². The zero-order valence-electron chi connectivity index (χ0n) is 12.7. The summed E-state index contributed by atoms with van der Waals surface area (Å²) in [5.74, 6) is 0.937. The lowest BCUT2D eigenvalue weighted by atomic mass is 9.97. The van der Waals surface area contributed by atoms with E-state index in [9.17, 15) is 0 Å². The fraction of sp³-hybridized carbons (Fsp3) is 0.333. The topological polar surface area (TPSA) is 21.3 Å². The molecule has 0 spiro atoms. The van der Waals surface area contributed by atoms with Gasteiger partial charge in [-0.1, -0.05) is 31.2 Å². The van der Waals surface area contributed by atoms with Crippen molar-refractivity contribution in [2.75, 3.05) is 14.2 Å². The normalized spacial score (nSPS) is 12.2. The van der Waals surface area contributed by atoms with Gasteiger partial charge < -0.3 is 10.1 Å². The Labute approximate surface area is 121 Å². The fourth-order valence-corrected chi connectivity index (χ4v) is 2.60. The molecular formula is C18H23NO. The largest absolute Gasteiger partial charge is 0.496 e. The van der Waals surface area contributed by atoms with Gasteiger partial charge in [-0.2, -0.15) is 0 Å². The summed E-state index contributed by atoms with van der Waals surface area (Å²) in [5, 5.41) is 3.36. The van der Waals surface area contributed by atoms with E-state index in [4.69, 9.17) is 4.74 Å². The quantitative estimate of drug-likeness (QED) is 0.871. The minimum absolute atomic E-state index is 0.411. The van der Waals surface area contributed by atoms with E-state index in [0.717, 1.165) is 17.7 Å². The number of ether oxygens (including phenoxy) is 1. The van der Waals surface area contributed by atoms with E-state index in [1.54, 1.807) is 7.11 Å². The highest BCUT2D eigenvalue weighted by Crippen LogP contribution is 2.28. The van der Waals surface area contributed by atoms with Crippen molar-refractivity contribution in [3.05, 3.63) is 53.6 Å². The molecule has 0 aliphatic rings. The smallest absolute Gasteiger partial charge is 0.121 e. The molecule has 0 aliphatic carbocycles. The molecule has 2 heteroatoms. The van der Waals surface area contributed by atoms with E-state index >= 15 is 0 Å². The van der Waals surface area contributed by atoms with Crippen LogP contribution < -0.4 is 10.1 Å². The van der Waals surface area contributed by atoms with Gasteiger partial charge in [0.2, 0.25) is 0 Å². The number of hydrogen-bond donors (Lipinski definition) is 1. The second-order valence-electron chi connectivity index (χ2n) is 5.06. The van der Waals surface area contributed by atoms with Crippen LogP contribution in [0.4, 0.5) is 0 Å². The number of methoxy groups -OCH3 is 1. The van der Waals surface area contributed by atoms with Crippen molar-refractivity contribution in [2.45, 2.75) is 26.3 Å². The van der Waals surface area contributed by atoms with Crippen molar-refractivity contribution in [1.82, 2.24) is 5.32 Å². The van der Waals surface area contributed by atoms with Crippen LogP contribution in [0.15, 0.2) is 42.5 Å². The van der Waals surface area contributed by atoms with Crippen LogP contribution in [0.1, 0.15) is 30.5 Å². The third kappa shape index (κ3) is 3.02. The van der Waals surface area contributed by atoms with Gasteiger partial charge in [0.25, 0.3) is 0 Å². The Hall–Kier alpha value is -1.80. The highest BCUT2D eigenvalue weighted by Gasteiger charge is 2.08. The lowest BCUT2D eigenvalue weighted by molar-refractivity contribution is 0.412. The molecule has 0 radical (unpaired) electrons. The molecule has 0 fully saturated rings. The van der Waals surface area contributed by atoms with Gasteiger partial charge in [-0.3, -0.25) is 0 Å². The Morgan fingerprint density at radius 2 is 1.85 bits per heavy atom. The van der Waals surface area contributed by atoms with Crippen LogP contribution in [0.25, 0.3) is 11.1 Å². The van der Waals surface area contributed by atoms with Crippen molar-refractivity contribution in [2.24, 2.45) is 0 Å². The molecule has 2 aromatic carbocycles. The van der Waals surface area contributed by atoms with Crippen LogP contribution in [0.5, 0.6) is 5.75 Å². The maximum atomic E-state index is 5.32. The summed E-state index contributed by atoms with van der Waals surface area (Å²) in [6.07, 6.45) is 1.08. The number of aryl methyl sites for hydroxylation is 1. The van der Waals surface area contributed by atoms with E-state index in [1.165, 1.54) is 16.7 Å². The molecule has 2 nitrogen and oxygen atoms in total. The molecule has 1 N–H and O–H groups in total. The summed E-state index contributed by atoms with van der Waals surface area (Å²) < 4.78 is 5.32. The van der Waals surface area contributed by atoms with Gasteiger partial charge in [-0.05, 0) is 60.8 Å². The molecule has 1 unspecified atom stereocenters. The minimum atomic E-state index is 0.411. The van der Waals surface area contributed by atoms with Crippen molar-refractivity contribution in [3.63, 3.8) is 0 Å². The second kappa shape index (κ2) is 6.58. The van der Waals surface area contributed by atoms with Gasteiger partial charge in [0.15, 0.2) is 0 Å². The first kappa shape index (κ1) is 14.6. The lowest BCUT2D eigenvalue weighted by Crippen LogP contribution is -2.15. The van der Waals surface area contributed by atoms with Crippen molar-refractivity contribution in [3.8, 4) is 16.9 Å². The van der Waals surface area contributed by atoms with E-state index in [2.05, 4.69) is 55.6 Å². The molecule has 0 heterocycles. The molecule has 0 aliphatic heterocycles. The molecule has 0 saturated carbocycles. The summed E-state index contributed by atoms with van der Waals surface area (Å²) in [5.41, 5.74) is 4.98. The number of rotatable bonds is 5. The standard InChI is InChI=1S/C18H23NO/c1-5-17(19-3)16-8-6-7-14(12-16)15-9-10-18(20-4)13(2)11-15/h6-12,17,19H,5H2,1-4H3. The zero-order valence-corrected chi connectivity index (χ0v) is 12.7. The third-order valence-electron chi connectivity index (χ3n) is 3.77. The lowest BCUT2D eigenvalue weighted by Gasteiger charge is -2.15. The van der Waals surface area contributed by atoms with Crippen LogP contribution >= 0.6 is 0 Å². The fourth-order valence-electron chi connectivity index (χ4n) is 2.60. The summed E-state index contributed by atoms with van der Waals surface area (Å²) >= 11 is 0. The molecule has 0 amide bonds. The van der Waals surface area contributed by atoms with Gasteiger partial charge in [-0.25, -0.2) is 0 Å². The van der Waals surface area contributed by atoms with Crippen LogP contribution in [-0.2, 0) is 0 Å². The number of benzene rings is 2. The molecule has 2 rings (SSSR count). The number of hydrogen-bond acceptors (Lipinski definition) is 2. The molecular weight excluding hydrogens is 246 g/mol. The third-order valence-corrected chi connectivity index (χ3v) is 3.77. The van der Waals surface area contributed by atoms with E-state index in [0.29, 0.717) is 6.04 Å². The Morgan fingerprint density at radius 3 is 2.45 bits per heavy atom. The van der Waals surface area contributed by atoms with E-state index in [1.807, 2.05) is 13.1 Å². The Morgan fingerprint density at radius 1 is 1.10 bits per heavy atom. The predicted octanol–water partition coefficient (Wildman–Crippen LogP) is 4.34. The van der Waals surface area contributed by atoms with Gasteiger partial charge in [0.1, 0.15) is 5.75 Å². The first-order valence-corrected chi connectivity index (χ1v) is 7.11. The summed E-state index contributed by atoms with van der Waals surface area (Å²) in [6, 6.07) is 15.5. The average Bonchev–Trinajstić information content (AvgIpc) is 2.49. The minimum Gasteiger partial charge on any atom is -0.496 e. The van der Waals surface area contributed by atoms with Gasteiger partial charge in [-0.15, -0.1) is 0 Å². The molecule has 0 bridgehead atoms. The molecule has 0 aromatic heterocycles. The Bertz CT molecular complexity index is 573. The summed E-state index contributed by atoms with van der Waals surface area (Å²) in [7, 11) is 3.72. The maximum Gasteiger partial charge on any atom is 0.121 e. The SMILES string of the molecule is CCC(NC)c1cccc(-c2ccc(OC)c(C)c2)c1. The van der Waals surface area contributed by atoms with Gasteiger partial charge in [0.05, 0.1) is 7.11 Å². The van der Waals surface area contributed by atoms with Crippen molar-refractivity contribution >= 4 is 0 Å². The van der Waals surface area contributed by atoms with Crippen LogP contribution in [0.2, 0.25) is 0 Å². The van der Waals surface area contributed by atoms with E-state index < -0.39 is 0 Å². The molecule has 0 saturated heterocycles.